The smallest absolute Gasteiger partial charge is 0.311 e. The third-order valence-electron chi connectivity index (χ3n) is 1.46. The standard InChI is InChI=1S/C8H10ClN3O2/c1-5(2)10-8-6(12(13)14)3-4-7(9)11-8/h3-5H,1-2H3,(H,10,11). The summed E-state index contributed by atoms with van der Waals surface area (Å²) in [6, 6.07) is 2.80. The first-order chi connectivity index (χ1) is 6.50. The summed E-state index contributed by atoms with van der Waals surface area (Å²) in [4.78, 5) is 14.0. The summed E-state index contributed by atoms with van der Waals surface area (Å²) in [7, 11) is 0. The predicted octanol–water partition coefficient (Wildman–Crippen LogP) is 2.46. The van der Waals surface area contributed by atoms with Crippen LogP contribution in [0.25, 0.3) is 0 Å². The molecule has 0 fully saturated rings. The van der Waals surface area contributed by atoms with Gasteiger partial charge in [0.1, 0.15) is 5.15 Å². The Labute approximate surface area is 86.3 Å². The molecule has 0 atom stereocenters. The van der Waals surface area contributed by atoms with Crippen LogP contribution < -0.4 is 5.32 Å². The monoisotopic (exact) mass is 215 g/mol. The van der Waals surface area contributed by atoms with Gasteiger partial charge in [-0.1, -0.05) is 11.6 Å². The summed E-state index contributed by atoms with van der Waals surface area (Å²) < 4.78 is 0. The molecule has 0 radical (unpaired) electrons. The zero-order chi connectivity index (χ0) is 10.7. The maximum atomic E-state index is 10.6. The van der Waals surface area contributed by atoms with Gasteiger partial charge in [-0.25, -0.2) is 4.98 Å². The van der Waals surface area contributed by atoms with Gasteiger partial charge in [0.2, 0.25) is 5.82 Å². The number of nitro groups is 1. The molecule has 1 rings (SSSR count). The van der Waals surface area contributed by atoms with E-state index in [1.54, 1.807) is 0 Å². The van der Waals surface area contributed by atoms with Crippen LogP contribution >= 0.6 is 11.6 Å². The largest absolute Gasteiger partial charge is 0.362 e. The lowest BCUT2D eigenvalue weighted by atomic mass is 10.3. The normalized spacial score (nSPS) is 10.3. The summed E-state index contributed by atoms with van der Waals surface area (Å²) >= 11 is 5.63. The van der Waals surface area contributed by atoms with Crippen molar-refractivity contribution in [1.82, 2.24) is 4.98 Å². The number of halogens is 1. The maximum Gasteiger partial charge on any atom is 0.311 e. The minimum Gasteiger partial charge on any atom is -0.362 e. The van der Waals surface area contributed by atoms with E-state index in [0.29, 0.717) is 0 Å². The number of pyridine rings is 1. The minimum absolute atomic E-state index is 0.0666. The van der Waals surface area contributed by atoms with Crippen molar-refractivity contribution in [2.45, 2.75) is 19.9 Å². The van der Waals surface area contributed by atoms with Crippen LogP contribution in [0.3, 0.4) is 0 Å². The number of aromatic nitrogens is 1. The molecule has 0 bridgehead atoms. The number of anilines is 1. The Morgan fingerprint density at radius 2 is 2.21 bits per heavy atom. The van der Waals surface area contributed by atoms with Gasteiger partial charge in [-0.05, 0) is 19.9 Å². The molecular weight excluding hydrogens is 206 g/mol. The van der Waals surface area contributed by atoms with Gasteiger partial charge in [0.05, 0.1) is 4.92 Å². The fraction of sp³-hybridized carbons (Fsp3) is 0.375. The van der Waals surface area contributed by atoms with Gasteiger partial charge in [0.15, 0.2) is 0 Å². The summed E-state index contributed by atoms with van der Waals surface area (Å²) in [5.74, 6) is 0.206. The molecule has 14 heavy (non-hydrogen) atoms. The molecule has 0 amide bonds. The highest BCUT2D eigenvalue weighted by molar-refractivity contribution is 6.29. The summed E-state index contributed by atoms with van der Waals surface area (Å²) in [5.41, 5.74) is -0.0666. The topological polar surface area (TPSA) is 68.1 Å². The molecule has 0 saturated carbocycles. The minimum atomic E-state index is -0.492. The second kappa shape index (κ2) is 4.23. The van der Waals surface area contributed by atoms with Crippen molar-refractivity contribution in [1.29, 1.82) is 0 Å². The lowest BCUT2D eigenvalue weighted by molar-refractivity contribution is -0.384. The molecule has 0 aliphatic heterocycles. The maximum absolute atomic E-state index is 10.6. The Morgan fingerprint density at radius 1 is 1.57 bits per heavy atom. The second-order valence-corrected chi connectivity index (χ2v) is 3.45. The third kappa shape index (κ3) is 2.56. The third-order valence-corrected chi connectivity index (χ3v) is 1.67. The van der Waals surface area contributed by atoms with E-state index < -0.39 is 4.92 Å². The molecule has 0 spiro atoms. The van der Waals surface area contributed by atoms with Gasteiger partial charge in [-0.3, -0.25) is 10.1 Å². The lowest BCUT2D eigenvalue weighted by Gasteiger charge is -2.08. The molecular formula is C8H10ClN3O2. The van der Waals surface area contributed by atoms with E-state index in [1.807, 2.05) is 13.8 Å². The zero-order valence-corrected chi connectivity index (χ0v) is 8.58. The van der Waals surface area contributed by atoms with Gasteiger partial charge < -0.3 is 5.32 Å². The molecule has 0 unspecified atom stereocenters. The van der Waals surface area contributed by atoms with Gasteiger partial charge in [-0.15, -0.1) is 0 Å². The Balaban J connectivity index is 3.09. The van der Waals surface area contributed by atoms with E-state index in [9.17, 15) is 10.1 Å². The molecule has 0 saturated heterocycles. The van der Waals surface area contributed by atoms with E-state index in [1.165, 1.54) is 12.1 Å². The average Bonchev–Trinajstić information content (AvgIpc) is 2.01. The highest BCUT2D eigenvalue weighted by Crippen LogP contribution is 2.24. The van der Waals surface area contributed by atoms with Crippen molar-refractivity contribution >= 4 is 23.1 Å². The number of hydrogen-bond donors (Lipinski definition) is 1. The van der Waals surface area contributed by atoms with E-state index >= 15 is 0 Å². The molecule has 1 aromatic rings. The van der Waals surface area contributed by atoms with Crippen molar-refractivity contribution in [3.8, 4) is 0 Å². The predicted molar refractivity (Wildman–Crippen MR) is 54.7 cm³/mol. The molecule has 1 aromatic heterocycles. The van der Waals surface area contributed by atoms with Crippen LogP contribution in [0.4, 0.5) is 11.5 Å². The fourth-order valence-electron chi connectivity index (χ4n) is 0.955. The first-order valence-corrected chi connectivity index (χ1v) is 4.46. The number of rotatable bonds is 3. The van der Waals surface area contributed by atoms with Crippen molar-refractivity contribution in [3.63, 3.8) is 0 Å². The fourth-order valence-corrected chi connectivity index (χ4v) is 1.10. The van der Waals surface area contributed by atoms with Crippen LogP contribution in [-0.4, -0.2) is 15.9 Å². The van der Waals surface area contributed by atoms with Crippen LogP contribution in [0.15, 0.2) is 12.1 Å². The number of nitrogens with zero attached hydrogens (tertiary/aromatic N) is 2. The molecule has 76 valence electrons. The number of nitrogens with one attached hydrogen (secondary N) is 1. The Bertz CT molecular complexity index is 354. The zero-order valence-electron chi connectivity index (χ0n) is 7.82. The molecule has 0 aliphatic carbocycles. The highest BCUT2D eigenvalue weighted by atomic mass is 35.5. The Morgan fingerprint density at radius 3 is 2.71 bits per heavy atom. The van der Waals surface area contributed by atoms with Gasteiger partial charge >= 0.3 is 5.69 Å². The van der Waals surface area contributed by atoms with Crippen LogP contribution in [-0.2, 0) is 0 Å². The molecule has 1 heterocycles. The average molecular weight is 216 g/mol. The SMILES string of the molecule is CC(C)Nc1nc(Cl)ccc1[N+](=O)[O-]. The first kappa shape index (κ1) is 10.7. The van der Waals surface area contributed by atoms with E-state index in [2.05, 4.69) is 10.3 Å². The second-order valence-electron chi connectivity index (χ2n) is 3.06. The lowest BCUT2D eigenvalue weighted by Crippen LogP contribution is -2.12. The van der Waals surface area contributed by atoms with Crippen LogP contribution in [0, 0.1) is 10.1 Å². The van der Waals surface area contributed by atoms with Crippen molar-refractivity contribution in [3.05, 3.63) is 27.4 Å². The molecule has 6 heteroatoms. The van der Waals surface area contributed by atoms with E-state index in [4.69, 9.17) is 11.6 Å². The summed E-state index contributed by atoms with van der Waals surface area (Å²) in [6.45, 7) is 3.73. The van der Waals surface area contributed by atoms with Gasteiger partial charge in [0.25, 0.3) is 0 Å². The molecule has 5 nitrogen and oxygen atoms in total. The molecule has 1 N–H and O–H groups in total. The number of hydrogen-bond acceptors (Lipinski definition) is 4. The van der Waals surface area contributed by atoms with Gasteiger partial charge in [0, 0.05) is 12.1 Å². The van der Waals surface area contributed by atoms with Crippen molar-refractivity contribution < 1.29 is 4.92 Å². The van der Waals surface area contributed by atoms with Gasteiger partial charge in [-0.2, -0.15) is 0 Å². The highest BCUT2D eigenvalue weighted by Gasteiger charge is 2.15. The van der Waals surface area contributed by atoms with Crippen molar-refractivity contribution in [2.24, 2.45) is 0 Å². The Kier molecular flexibility index (Phi) is 3.24. The van der Waals surface area contributed by atoms with Crippen LogP contribution in [0.1, 0.15) is 13.8 Å². The van der Waals surface area contributed by atoms with Crippen molar-refractivity contribution in [2.75, 3.05) is 5.32 Å². The molecule has 0 aromatic carbocycles. The van der Waals surface area contributed by atoms with E-state index in [-0.39, 0.29) is 22.7 Å². The molecule has 0 aliphatic rings. The van der Waals surface area contributed by atoms with Crippen LogP contribution in [0.5, 0.6) is 0 Å². The summed E-state index contributed by atoms with van der Waals surface area (Å²) in [5, 5.41) is 13.7. The van der Waals surface area contributed by atoms with Crippen LogP contribution in [0.2, 0.25) is 5.15 Å². The Hall–Kier alpha value is -1.36. The first-order valence-electron chi connectivity index (χ1n) is 4.08. The summed E-state index contributed by atoms with van der Waals surface area (Å²) in [6.07, 6.45) is 0. The van der Waals surface area contributed by atoms with E-state index in [0.717, 1.165) is 0 Å². The quantitative estimate of drug-likeness (QED) is 0.478.